The maximum absolute atomic E-state index is 11.1. The van der Waals surface area contributed by atoms with Crippen LogP contribution in [0.3, 0.4) is 0 Å². The fraction of sp³-hybridized carbons (Fsp3) is 0.909. The Kier molecular flexibility index (Phi) is 3.49. The SMILES string of the molecule is C[C@]12CC[C@@H]3NCCCN3C1=CC[C@H]1[C@H]3CC[C@@](C)(O)[C@]3(C)CC[C@@H]12. The molecule has 2 N–H and O–H groups in total. The Labute approximate surface area is 153 Å². The largest absolute Gasteiger partial charge is 0.390 e. The molecule has 0 aromatic heterocycles. The summed E-state index contributed by atoms with van der Waals surface area (Å²) in [7, 11) is 0. The number of hydrogen-bond donors (Lipinski definition) is 2. The van der Waals surface area contributed by atoms with E-state index < -0.39 is 5.60 Å². The molecule has 7 atom stereocenters. The second-order valence-corrected chi connectivity index (χ2v) is 10.4. The second kappa shape index (κ2) is 5.25. The summed E-state index contributed by atoms with van der Waals surface area (Å²) in [6.07, 6.45) is 13.1. The van der Waals surface area contributed by atoms with E-state index >= 15 is 0 Å². The van der Waals surface area contributed by atoms with Crippen LogP contribution in [0.2, 0.25) is 0 Å². The molecule has 3 aliphatic carbocycles. The summed E-state index contributed by atoms with van der Waals surface area (Å²) in [4.78, 5) is 2.72. The fourth-order valence-corrected chi connectivity index (χ4v) is 7.85. The molecule has 0 spiro atoms. The van der Waals surface area contributed by atoms with Crippen LogP contribution in [0.15, 0.2) is 11.8 Å². The third kappa shape index (κ3) is 2.06. The first kappa shape index (κ1) is 16.6. The maximum atomic E-state index is 11.1. The number of nitrogens with one attached hydrogen (secondary N) is 1. The molecule has 25 heavy (non-hydrogen) atoms. The molecule has 2 saturated carbocycles. The first-order valence-corrected chi connectivity index (χ1v) is 10.8. The van der Waals surface area contributed by atoms with E-state index in [9.17, 15) is 5.11 Å². The van der Waals surface area contributed by atoms with E-state index in [1.165, 1.54) is 58.0 Å². The topological polar surface area (TPSA) is 35.5 Å². The summed E-state index contributed by atoms with van der Waals surface area (Å²) < 4.78 is 0. The van der Waals surface area contributed by atoms with Gasteiger partial charge < -0.3 is 10.0 Å². The Morgan fingerprint density at radius 3 is 2.72 bits per heavy atom. The molecule has 0 unspecified atom stereocenters. The zero-order valence-corrected chi connectivity index (χ0v) is 16.4. The van der Waals surface area contributed by atoms with Crippen molar-refractivity contribution < 1.29 is 5.11 Å². The van der Waals surface area contributed by atoms with Crippen molar-refractivity contribution in [3.63, 3.8) is 0 Å². The monoisotopic (exact) mass is 344 g/mol. The predicted molar refractivity (Wildman–Crippen MR) is 101 cm³/mol. The van der Waals surface area contributed by atoms with Gasteiger partial charge in [-0.1, -0.05) is 19.9 Å². The molecule has 3 heteroatoms. The van der Waals surface area contributed by atoms with Crippen LogP contribution in [0.5, 0.6) is 0 Å². The lowest BCUT2D eigenvalue weighted by Crippen LogP contribution is -2.61. The summed E-state index contributed by atoms with van der Waals surface area (Å²) in [6, 6.07) is 0. The normalized spacial score (nSPS) is 54.9. The molecule has 2 saturated heterocycles. The number of hydrogen-bond acceptors (Lipinski definition) is 3. The van der Waals surface area contributed by atoms with Gasteiger partial charge >= 0.3 is 0 Å². The number of nitrogens with zero attached hydrogens (tertiary/aromatic N) is 1. The minimum Gasteiger partial charge on any atom is -0.390 e. The number of allylic oxidation sites excluding steroid dienone is 2. The molecule has 0 bridgehead atoms. The van der Waals surface area contributed by atoms with Crippen molar-refractivity contribution in [2.75, 3.05) is 13.1 Å². The molecule has 140 valence electrons. The van der Waals surface area contributed by atoms with E-state index in [4.69, 9.17) is 0 Å². The van der Waals surface area contributed by atoms with Crippen molar-refractivity contribution in [3.05, 3.63) is 11.8 Å². The van der Waals surface area contributed by atoms with Crippen LogP contribution in [0.1, 0.15) is 72.1 Å². The molecule has 5 aliphatic rings. The summed E-state index contributed by atoms with van der Waals surface area (Å²) in [5.74, 6) is 2.33. The van der Waals surface area contributed by atoms with E-state index in [0.29, 0.717) is 17.5 Å². The van der Waals surface area contributed by atoms with Crippen LogP contribution in [-0.2, 0) is 0 Å². The van der Waals surface area contributed by atoms with Gasteiger partial charge in [0.1, 0.15) is 0 Å². The van der Waals surface area contributed by atoms with Crippen LogP contribution < -0.4 is 5.32 Å². The van der Waals surface area contributed by atoms with E-state index in [1.54, 1.807) is 5.70 Å². The Hall–Kier alpha value is -0.540. The van der Waals surface area contributed by atoms with Gasteiger partial charge in [0.2, 0.25) is 0 Å². The molecular weight excluding hydrogens is 308 g/mol. The number of piperidine rings is 1. The lowest BCUT2D eigenvalue weighted by atomic mass is 9.48. The van der Waals surface area contributed by atoms with E-state index in [-0.39, 0.29) is 5.41 Å². The molecular formula is C22H36N2O. The predicted octanol–water partition coefficient (Wildman–Crippen LogP) is 3.89. The molecule has 0 amide bonds. The van der Waals surface area contributed by atoms with Gasteiger partial charge in [-0.3, -0.25) is 5.32 Å². The summed E-state index contributed by atoms with van der Waals surface area (Å²) >= 11 is 0. The third-order valence-electron chi connectivity index (χ3n) is 9.56. The lowest BCUT2D eigenvalue weighted by molar-refractivity contribution is -0.120. The Morgan fingerprint density at radius 2 is 1.88 bits per heavy atom. The van der Waals surface area contributed by atoms with Crippen molar-refractivity contribution in [1.29, 1.82) is 0 Å². The summed E-state index contributed by atoms with van der Waals surface area (Å²) in [5.41, 5.74) is 1.72. The highest BCUT2D eigenvalue weighted by molar-refractivity contribution is 5.25. The molecule has 0 aromatic carbocycles. The molecule has 2 heterocycles. The molecule has 4 fully saturated rings. The van der Waals surface area contributed by atoms with Crippen molar-refractivity contribution in [1.82, 2.24) is 10.2 Å². The highest BCUT2D eigenvalue weighted by Gasteiger charge is 2.62. The average Bonchev–Trinajstić information content (AvgIpc) is 2.84. The minimum atomic E-state index is -0.456. The number of rotatable bonds is 0. The van der Waals surface area contributed by atoms with Crippen LogP contribution in [0.25, 0.3) is 0 Å². The average molecular weight is 345 g/mol. The highest BCUT2D eigenvalue weighted by atomic mass is 16.3. The molecule has 5 rings (SSSR count). The van der Waals surface area contributed by atoms with Crippen LogP contribution in [0, 0.1) is 28.6 Å². The van der Waals surface area contributed by atoms with Crippen LogP contribution in [0.4, 0.5) is 0 Å². The van der Waals surface area contributed by atoms with Crippen molar-refractivity contribution >= 4 is 0 Å². The Balaban J connectivity index is 1.50. The molecule has 3 nitrogen and oxygen atoms in total. The third-order valence-corrected chi connectivity index (χ3v) is 9.56. The van der Waals surface area contributed by atoms with Gasteiger partial charge in [-0.2, -0.15) is 0 Å². The lowest BCUT2D eigenvalue weighted by Gasteiger charge is -2.61. The smallest absolute Gasteiger partial charge is 0.0793 e. The van der Waals surface area contributed by atoms with E-state index in [0.717, 1.165) is 18.3 Å². The minimum absolute atomic E-state index is 0.139. The van der Waals surface area contributed by atoms with Gasteiger partial charge in [0, 0.05) is 17.7 Å². The fourth-order valence-electron chi connectivity index (χ4n) is 7.85. The molecule has 0 aromatic rings. The zero-order valence-electron chi connectivity index (χ0n) is 16.4. The summed E-state index contributed by atoms with van der Waals surface area (Å²) in [5, 5.41) is 14.8. The number of aliphatic hydroxyl groups is 1. The Bertz CT molecular complexity index is 599. The van der Waals surface area contributed by atoms with Crippen LogP contribution in [-0.4, -0.2) is 34.9 Å². The van der Waals surface area contributed by atoms with Crippen molar-refractivity contribution in [2.45, 2.75) is 83.9 Å². The second-order valence-electron chi connectivity index (χ2n) is 10.4. The van der Waals surface area contributed by atoms with E-state index in [1.807, 2.05) is 0 Å². The van der Waals surface area contributed by atoms with E-state index in [2.05, 4.69) is 37.1 Å². The first-order chi connectivity index (χ1) is 11.9. The van der Waals surface area contributed by atoms with Gasteiger partial charge in [0.05, 0.1) is 11.8 Å². The van der Waals surface area contributed by atoms with Crippen LogP contribution >= 0.6 is 0 Å². The van der Waals surface area contributed by atoms with Crippen molar-refractivity contribution in [3.8, 4) is 0 Å². The molecule has 0 radical (unpaired) electrons. The Morgan fingerprint density at radius 1 is 1.08 bits per heavy atom. The van der Waals surface area contributed by atoms with Crippen molar-refractivity contribution in [2.24, 2.45) is 28.6 Å². The first-order valence-electron chi connectivity index (χ1n) is 10.8. The standard InChI is InChI=1S/C22H36N2O/c1-20-10-9-19-23-13-4-14-24(19)18(20)6-5-15-16(20)7-11-21(2)17(15)8-12-22(21,3)25/h6,15-17,19,23,25H,4-5,7-14H2,1-3H3/t15-,16+,17-,19-,20-,21-,22-/m1/s1. The summed E-state index contributed by atoms with van der Waals surface area (Å²) in [6.45, 7) is 9.52. The quantitative estimate of drug-likeness (QED) is 0.700. The van der Waals surface area contributed by atoms with Gasteiger partial charge in [0.15, 0.2) is 0 Å². The zero-order chi connectivity index (χ0) is 17.4. The highest BCUT2D eigenvalue weighted by Crippen LogP contribution is 2.67. The number of fused-ring (bicyclic) bond motifs is 7. The van der Waals surface area contributed by atoms with Gasteiger partial charge in [-0.25, -0.2) is 0 Å². The van der Waals surface area contributed by atoms with Gasteiger partial charge in [-0.15, -0.1) is 0 Å². The molecule has 2 aliphatic heterocycles. The maximum Gasteiger partial charge on any atom is 0.0793 e. The van der Waals surface area contributed by atoms with Gasteiger partial charge in [0.25, 0.3) is 0 Å². The van der Waals surface area contributed by atoms with Gasteiger partial charge in [-0.05, 0) is 88.0 Å².